The van der Waals surface area contributed by atoms with E-state index in [0.29, 0.717) is 36.4 Å². The molecule has 2 bridgehead atoms. The molecule has 3 aromatic rings. The topological polar surface area (TPSA) is 129 Å². The number of fused-ring (bicyclic) bond motifs is 9. The van der Waals surface area contributed by atoms with Crippen LogP contribution >= 0.6 is 0 Å². The summed E-state index contributed by atoms with van der Waals surface area (Å²) in [4.78, 5) is 58.3. The molecule has 1 saturated heterocycles. The Bertz CT molecular complexity index is 1630. The monoisotopic (exact) mass is 540 g/mol. The number of amides is 3. The van der Waals surface area contributed by atoms with Gasteiger partial charge in [0.15, 0.2) is 0 Å². The predicted octanol–water partition coefficient (Wildman–Crippen LogP) is 2.69. The van der Waals surface area contributed by atoms with Crippen molar-refractivity contribution in [1.82, 2.24) is 14.4 Å². The lowest BCUT2D eigenvalue weighted by molar-refractivity contribution is -0.134. The summed E-state index contributed by atoms with van der Waals surface area (Å²) in [5, 5.41) is 20.2. The second-order valence-corrected chi connectivity index (χ2v) is 10.8. The Hall–Kier alpha value is -4.48. The first-order valence-corrected chi connectivity index (χ1v) is 13.3. The minimum atomic E-state index is -0.611. The molecule has 0 radical (unpaired) electrons. The number of hydrogen-bond acceptors (Lipinski definition) is 7. The average molecular weight is 541 g/mol. The fraction of sp³-hybridized carbons (Fsp3) is 0.310. The van der Waals surface area contributed by atoms with Gasteiger partial charge in [0.05, 0.1) is 11.3 Å². The van der Waals surface area contributed by atoms with Crippen molar-refractivity contribution < 1.29 is 19.6 Å². The summed E-state index contributed by atoms with van der Waals surface area (Å²) in [5.74, 6) is -0.529. The van der Waals surface area contributed by atoms with Gasteiger partial charge in [0.25, 0.3) is 17.4 Å². The number of likely N-dealkylation sites (tertiary alicyclic amines) is 1. The van der Waals surface area contributed by atoms with E-state index in [1.165, 1.54) is 10.6 Å². The van der Waals surface area contributed by atoms with Crippen molar-refractivity contribution in [2.24, 2.45) is 5.92 Å². The number of nitrogens with zero attached hydrogens (tertiary/aromatic N) is 5. The molecule has 1 unspecified atom stereocenters. The van der Waals surface area contributed by atoms with Crippen LogP contribution in [0.4, 0.5) is 11.4 Å². The summed E-state index contributed by atoms with van der Waals surface area (Å²) >= 11 is 0. The maximum absolute atomic E-state index is 13.7. The summed E-state index contributed by atoms with van der Waals surface area (Å²) in [6.45, 7) is 1.38. The maximum atomic E-state index is 13.7. The summed E-state index contributed by atoms with van der Waals surface area (Å²) in [6, 6.07) is 17.3. The molecule has 0 saturated carbocycles. The first-order valence-electron chi connectivity index (χ1n) is 13.3. The molecule has 4 aliphatic rings. The van der Waals surface area contributed by atoms with Gasteiger partial charge in [-0.2, -0.15) is 0 Å². The van der Waals surface area contributed by atoms with Gasteiger partial charge in [-0.1, -0.05) is 30.3 Å². The fourth-order valence-corrected chi connectivity index (χ4v) is 6.86. The van der Waals surface area contributed by atoms with E-state index in [4.69, 9.17) is 0 Å². The summed E-state index contributed by atoms with van der Waals surface area (Å²) in [7, 11) is 0. The number of anilines is 2. The Morgan fingerprint density at radius 3 is 2.48 bits per heavy atom. The molecule has 3 amide bonds. The number of piperidine rings is 1. The fourth-order valence-electron chi connectivity index (χ4n) is 6.86. The van der Waals surface area contributed by atoms with Crippen LogP contribution in [-0.2, 0) is 11.3 Å². The van der Waals surface area contributed by atoms with Gasteiger partial charge >= 0.3 is 0 Å². The van der Waals surface area contributed by atoms with Gasteiger partial charge in [-0.15, -0.1) is 0 Å². The second-order valence-electron chi connectivity index (χ2n) is 10.8. The van der Waals surface area contributed by atoms with Crippen molar-refractivity contribution in [2.75, 3.05) is 29.8 Å². The molecule has 11 nitrogen and oxygen atoms in total. The van der Waals surface area contributed by atoms with Crippen LogP contribution < -0.4 is 15.7 Å². The number of aromatic nitrogens is 1. The van der Waals surface area contributed by atoms with Crippen LogP contribution in [0.25, 0.3) is 0 Å². The molecule has 1 aromatic heterocycles. The van der Waals surface area contributed by atoms with Crippen LogP contribution in [0.5, 0.6) is 0 Å². The predicted molar refractivity (Wildman–Crippen MR) is 144 cm³/mol. The molecule has 2 aromatic carbocycles. The highest BCUT2D eigenvalue weighted by Gasteiger charge is 2.47. The Morgan fingerprint density at radius 2 is 1.68 bits per heavy atom. The molecule has 4 aliphatic heterocycles. The quantitative estimate of drug-likeness (QED) is 0.504. The minimum Gasteiger partial charge on any atom is -0.733 e. The minimum absolute atomic E-state index is 0.0280. The Morgan fingerprint density at radius 1 is 0.925 bits per heavy atom. The highest BCUT2D eigenvalue weighted by molar-refractivity contribution is 6.16. The first-order chi connectivity index (χ1) is 19.3. The van der Waals surface area contributed by atoms with E-state index >= 15 is 0 Å². The number of carbonyl (C=O) groups is 3. The number of carbonyl (C=O) groups excluding carboxylic acids is 3. The molecule has 3 atom stereocenters. The van der Waals surface area contributed by atoms with E-state index in [-0.39, 0.29) is 48.2 Å². The largest absolute Gasteiger partial charge is 0.733 e. The maximum Gasteiger partial charge on any atom is 0.275 e. The highest BCUT2D eigenvalue weighted by atomic mass is 16.8. The highest BCUT2D eigenvalue weighted by Crippen LogP contribution is 2.45. The van der Waals surface area contributed by atoms with Crippen molar-refractivity contribution >= 4 is 29.1 Å². The zero-order valence-corrected chi connectivity index (χ0v) is 21.5. The molecule has 0 spiro atoms. The van der Waals surface area contributed by atoms with Gasteiger partial charge in [-0.05, 0) is 42.7 Å². The van der Waals surface area contributed by atoms with E-state index in [0.717, 1.165) is 17.7 Å². The number of benzene rings is 2. The molecule has 40 heavy (non-hydrogen) atoms. The van der Waals surface area contributed by atoms with Crippen molar-refractivity contribution in [3.8, 4) is 0 Å². The molecule has 5 heterocycles. The SMILES string of the molecule is O=C(CCN1C(=O)c2ccccc2N2C(=O)c3ccccc3C12)N1C[C@H]2C[C@@H](C1)c1ccc(N([O-])O)c(=O)n1C2. The van der Waals surface area contributed by atoms with Crippen molar-refractivity contribution in [3.63, 3.8) is 0 Å². The summed E-state index contributed by atoms with van der Waals surface area (Å²) in [6.07, 6.45) is 0.301. The van der Waals surface area contributed by atoms with Gasteiger partial charge in [0.2, 0.25) is 5.91 Å². The Labute approximate surface area is 229 Å². The lowest BCUT2D eigenvalue weighted by Crippen LogP contribution is -2.51. The van der Waals surface area contributed by atoms with Crippen LogP contribution in [0, 0.1) is 11.1 Å². The lowest BCUT2D eigenvalue weighted by atomic mass is 9.83. The zero-order chi connectivity index (χ0) is 27.7. The number of para-hydroxylation sites is 1. The lowest BCUT2D eigenvalue weighted by Gasteiger charge is -2.44. The van der Waals surface area contributed by atoms with E-state index in [1.54, 1.807) is 57.2 Å². The summed E-state index contributed by atoms with van der Waals surface area (Å²) < 4.78 is 1.53. The average Bonchev–Trinajstić information content (AvgIpc) is 3.25. The number of pyridine rings is 1. The Kier molecular flexibility index (Phi) is 5.55. The smallest absolute Gasteiger partial charge is 0.275 e. The van der Waals surface area contributed by atoms with Crippen molar-refractivity contribution in [2.45, 2.75) is 31.5 Å². The van der Waals surface area contributed by atoms with Crippen molar-refractivity contribution in [3.05, 3.63) is 98.6 Å². The van der Waals surface area contributed by atoms with Crippen molar-refractivity contribution in [1.29, 1.82) is 0 Å². The molecule has 204 valence electrons. The summed E-state index contributed by atoms with van der Waals surface area (Å²) in [5.41, 5.74) is 2.18. The third-order valence-corrected chi connectivity index (χ3v) is 8.59. The molecule has 7 rings (SSSR count). The number of rotatable bonds is 4. The second kappa shape index (κ2) is 9.04. The van der Waals surface area contributed by atoms with Crippen LogP contribution in [0.2, 0.25) is 0 Å². The zero-order valence-electron chi connectivity index (χ0n) is 21.5. The molecule has 11 heteroatoms. The van der Waals surface area contributed by atoms with E-state index < -0.39 is 17.0 Å². The molecular formula is C29H26N5O6-. The van der Waals surface area contributed by atoms with Crippen LogP contribution in [0.15, 0.2) is 65.5 Å². The van der Waals surface area contributed by atoms with Gasteiger partial charge in [-0.25, -0.2) is 0 Å². The van der Waals surface area contributed by atoms with Crippen LogP contribution in [-0.4, -0.2) is 56.9 Å². The van der Waals surface area contributed by atoms with E-state index in [2.05, 4.69) is 0 Å². The van der Waals surface area contributed by atoms with Crippen LogP contribution in [0.1, 0.15) is 56.9 Å². The third-order valence-electron chi connectivity index (χ3n) is 8.59. The first kappa shape index (κ1) is 24.6. The standard InChI is InChI=1S/C29H26N5O6/c35-25(30-14-17-13-18(16-30)22-9-10-24(34(39)40)29(38)32(22)15-17)11-12-31-26-19-5-1-2-6-20(19)28(37)33(26)23-8-4-3-7-21(23)27(31)36/h1-10,17-18,26,39H,11-16H2/q-1/t17-,18+,26?/m1/s1. The van der Waals surface area contributed by atoms with E-state index in [1.807, 2.05) is 12.1 Å². The number of hydrogen-bond donors (Lipinski definition) is 1. The Balaban J connectivity index is 1.13. The molecule has 1 fully saturated rings. The molecule has 1 N–H and O–H groups in total. The third kappa shape index (κ3) is 3.58. The normalized spacial score (nSPS) is 22.4. The molecule has 0 aliphatic carbocycles. The van der Waals surface area contributed by atoms with Gasteiger partial charge in [0.1, 0.15) is 11.9 Å². The van der Waals surface area contributed by atoms with Gasteiger partial charge in [-0.3, -0.25) is 29.3 Å². The van der Waals surface area contributed by atoms with Gasteiger partial charge in [0, 0.05) is 55.3 Å². The molecular weight excluding hydrogens is 514 g/mol. The van der Waals surface area contributed by atoms with Gasteiger partial charge < -0.3 is 24.8 Å². The van der Waals surface area contributed by atoms with E-state index in [9.17, 15) is 29.6 Å². The van der Waals surface area contributed by atoms with Crippen LogP contribution in [0.3, 0.4) is 0 Å².